The lowest BCUT2D eigenvalue weighted by Gasteiger charge is -2.14. The Kier molecular flexibility index (Phi) is 5.16. The predicted molar refractivity (Wildman–Crippen MR) is 132 cm³/mol. The summed E-state index contributed by atoms with van der Waals surface area (Å²) in [5.74, 6) is 1.69. The average molecular weight is 418 g/mol. The molecule has 1 aliphatic rings. The van der Waals surface area contributed by atoms with E-state index in [-0.39, 0.29) is 0 Å². The summed E-state index contributed by atoms with van der Waals surface area (Å²) >= 11 is 0. The van der Waals surface area contributed by atoms with Crippen LogP contribution in [0.15, 0.2) is 96.6 Å². The standard InChI is InChI=1S/C29H25N2O/c1-4-15-30-26-18-24-22-11-7-6-10-21(22)23-12-8-9-13-28(23)32-29(24)19-25(26)27-17-20(3)14-16-31(27)5-2/h4,6-19H,1,5H2,2-3H3/q+1. The molecule has 3 aromatic carbocycles. The van der Waals surface area contributed by atoms with E-state index in [1.807, 2.05) is 12.1 Å². The van der Waals surface area contributed by atoms with Gasteiger partial charge in [0.25, 0.3) is 0 Å². The average Bonchev–Trinajstić information content (AvgIpc) is 2.96. The fourth-order valence-corrected chi connectivity index (χ4v) is 4.30. The molecule has 0 spiro atoms. The van der Waals surface area contributed by atoms with Gasteiger partial charge in [-0.05, 0) is 48.7 Å². The van der Waals surface area contributed by atoms with Crippen molar-refractivity contribution in [2.45, 2.75) is 20.4 Å². The normalized spacial score (nSPS) is 11.8. The number of aromatic nitrogens is 1. The minimum atomic E-state index is 0.833. The third-order valence-corrected chi connectivity index (χ3v) is 5.84. The van der Waals surface area contributed by atoms with Crippen molar-refractivity contribution in [3.63, 3.8) is 0 Å². The van der Waals surface area contributed by atoms with Gasteiger partial charge in [0.15, 0.2) is 6.20 Å². The Hall–Kier alpha value is -3.98. The van der Waals surface area contributed by atoms with Crippen molar-refractivity contribution < 1.29 is 9.30 Å². The number of ether oxygens (including phenoxy) is 1. The topological polar surface area (TPSA) is 25.5 Å². The molecule has 3 nitrogen and oxygen atoms in total. The van der Waals surface area contributed by atoms with Crippen molar-refractivity contribution in [1.29, 1.82) is 0 Å². The number of aryl methyl sites for hydroxylation is 2. The van der Waals surface area contributed by atoms with Crippen LogP contribution >= 0.6 is 0 Å². The van der Waals surface area contributed by atoms with Gasteiger partial charge < -0.3 is 4.74 Å². The van der Waals surface area contributed by atoms with Crippen LogP contribution in [-0.2, 0) is 6.54 Å². The summed E-state index contributed by atoms with van der Waals surface area (Å²) in [5.41, 5.74) is 8.67. The molecule has 1 aromatic heterocycles. The molecule has 156 valence electrons. The van der Waals surface area contributed by atoms with Gasteiger partial charge in [-0.2, -0.15) is 4.57 Å². The van der Waals surface area contributed by atoms with Gasteiger partial charge in [0.05, 0.1) is 11.3 Å². The van der Waals surface area contributed by atoms with Crippen LogP contribution in [0.3, 0.4) is 0 Å². The Morgan fingerprint density at radius 3 is 2.31 bits per heavy atom. The highest BCUT2D eigenvalue weighted by molar-refractivity contribution is 5.94. The van der Waals surface area contributed by atoms with Crippen LogP contribution in [0.4, 0.5) is 5.69 Å². The Labute approximate surface area is 189 Å². The van der Waals surface area contributed by atoms with Crippen molar-refractivity contribution in [3.8, 4) is 45.0 Å². The first-order valence-corrected chi connectivity index (χ1v) is 10.9. The van der Waals surface area contributed by atoms with Crippen LogP contribution in [0.2, 0.25) is 0 Å². The second-order valence-corrected chi connectivity index (χ2v) is 7.90. The van der Waals surface area contributed by atoms with E-state index in [0.717, 1.165) is 57.2 Å². The molecule has 3 heteroatoms. The van der Waals surface area contributed by atoms with Crippen molar-refractivity contribution >= 4 is 11.9 Å². The first kappa shape index (κ1) is 20.0. The molecular weight excluding hydrogens is 392 g/mol. The molecule has 2 heterocycles. The molecule has 0 bridgehead atoms. The van der Waals surface area contributed by atoms with Crippen LogP contribution < -0.4 is 9.30 Å². The van der Waals surface area contributed by atoms with Gasteiger partial charge in [0.1, 0.15) is 18.0 Å². The maximum atomic E-state index is 6.53. The third-order valence-electron chi connectivity index (χ3n) is 5.84. The highest BCUT2D eigenvalue weighted by Gasteiger charge is 2.25. The number of hydrogen-bond acceptors (Lipinski definition) is 2. The highest BCUT2D eigenvalue weighted by Crippen LogP contribution is 2.49. The summed E-state index contributed by atoms with van der Waals surface area (Å²) in [7, 11) is 0. The van der Waals surface area contributed by atoms with Gasteiger partial charge in [0, 0.05) is 29.5 Å². The summed E-state index contributed by atoms with van der Waals surface area (Å²) in [5, 5.41) is 0. The molecule has 0 radical (unpaired) electrons. The Bertz CT molecular complexity index is 1370. The van der Waals surface area contributed by atoms with Crippen LogP contribution in [0.1, 0.15) is 12.5 Å². The van der Waals surface area contributed by atoms with Crippen LogP contribution in [0, 0.1) is 6.92 Å². The van der Waals surface area contributed by atoms with E-state index in [2.05, 4.69) is 91.9 Å². The first-order chi connectivity index (χ1) is 15.7. The van der Waals surface area contributed by atoms with Crippen molar-refractivity contribution in [1.82, 2.24) is 0 Å². The molecule has 0 N–H and O–H groups in total. The van der Waals surface area contributed by atoms with Gasteiger partial charge in [0.2, 0.25) is 5.69 Å². The molecule has 1 aliphatic heterocycles. The maximum absolute atomic E-state index is 6.53. The van der Waals surface area contributed by atoms with Gasteiger partial charge in [-0.15, -0.1) is 0 Å². The number of benzene rings is 3. The summed E-state index contributed by atoms with van der Waals surface area (Å²) in [6, 6.07) is 25.3. The number of nitrogens with zero attached hydrogens (tertiary/aromatic N) is 2. The second kappa shape index (κ2) is 8.27. The molecule has 5 rings (SSSR count). The number of aliphatic imine (C=N–C) groups is 1. The molecular formula is C29H25N2O+. The molecule has 4 aromatic rings. The number of para-hydroxylation sites is 1. The van der Waals surface area contributed by atoms with Crippen molar-refractivity contribution in [2.75, 3.05) is 0 Å². The fourth-order valence-electron chi connectivity index (χ4n) is 4.30. The lowest BCUT2D eigenvalue weighted by Crippen LogP contribution is -2.34. The number of pyridine rings is 1. The second-order valence-electron chi connectivity index (χ2n) is 7.90. The molecule has 0 unspecified atom stereocenters. The Morgan fingerprint density at radius 1 is 0.844 bits per heavy atom. The van der Waals surface area contributed by atoms with E-state index in [9.17, 15) is 0 Å². The lowest BCUT2D eigenvalue weighted by atomic mass is 9.93. The van der Waals surface area contributed by atoms with E-state index in [1.165, 1.54) is 5.56 Å². The van der Waals surface area contributed by atoms with Gasteiger partial charge in [-0.1, -0.05) is 55.1 Å². The van der Waals surface area contributed by atoms with Gasteiger partial charge in [-0.3, -0.25) is 4.99 Å². The van der Waals surface area contributed by atoms with Gasteiger partial charge >= 0.3 is 0 Å². The zero-order valence-electron chi connectivity index (χ0n) is 18.4. The quantitative estimate of drug-likeness (QED) is 0.222. The fraction of sp³-hybridized carbons (Fsp3) is 0.103. The van der Waals surface area contributed by atoms with Crippen molar-refractivity contribution in [2.24, 2.45) is 4.99 Å². The molecule has 0 fully saturated rings. The largest absolute Gasteiger partial charge is 0.456 e. The van der Waals surface area contributed by atoms with E-state index < -0.39 is 0 Å². The number of rotatable bonds is 4. The molecule has 0 saturated carbocycles. The summed E-state index contributed by atoms with van der Waals surface area (Å²) < 4.78 is 8.77. The summed E-state index contributed by atoms with van der Waals surface area (Å²) in [6.07, 6.45) is 5.58. The van der Waals surface area contributed by atoms with Crippen molar-refractivity contribution in [3.05, 3.63) is 97.2 Å². The maximum Gasteiger partial charge on any atom is 0.215 e. The highest BCUT2D eigenvalue weighted by atomic mass is 16.5. The summed E-state index contributed by atoms with van der Waals surface area (Å²) in [6.45, 7) is 8.94. The Morgan fingerprint density at radius 2 is 1.56 bits per heavy atom. The first-order valence-electron chi connectivity index (χ1n) is 10.9. The monoisotopic (exact) mass is 417 g/mol. The van der Waals surface area contributed by atoms with Crippen LogP contribution in [-0.4, -0.2) is 6.21 Å². The number of fused-ring (bicyclic) bond motifs is 5. The third kappa shape index (κ3) is 3.42. The minimum absolute atomic E-state index is 0.833. The predicted octanol–water partition coefficient (Wildman–Crippen LogP) is 7.30. The van der Waals surface area contributed by atoms with E-state index >= 15 is 0 Å². The SMILES string of the molecule is C=CC=Nc1cc2c(cc1-c1cc(C)cc[n+]1CC)Oc1ccccc1-c1ccccc1-2. The van der Waals surface area contributed by atoms with E-state index in [1.54, 1.807) is 12.3 Å². The molecule has 0 aliphatic carbocycles. The Balaban J connectivity index is 1.83. The van der Waals surface area contributed by atoms with E-state index in [0.29, 0.717) is 0 Å². The number of allylic oxidation sites excluding steroid dienone is 1. The van der Waals surface area contributed by atoms with Crippen LogP contribution in [0.5, 0.6) is 11.5 Å². The molecule has 0 saturated heterocycles. The summed E-state index contributed by atoms with van der Waals surface area (Å²) in [4.78, 5) is 4.75. The zero-order valence-corrected chi connectivity index (χ0v) is 18.4. The number of hydrogen-bond donors (Lipinski definition) is 0. The van der Waals surface area contributed by atoms with E-state index in [4.69, 9.17) is 9.73 Å². The zero-order chi connectivity index (χ0) is 22.1. The molecule has 0 atom stereocenters. The lowest BCUT2D eigenvalue weighted by molar-refractivity contribution is -0.682. The smallest absolute Gasteiger partial charge is 0.215 e. The minimum Gasteiger partial charge on any atom is -0.456 e. The van der Waals surface area contributed by atoms with Crippen LogP contribution in [0.25, 0.3) is 33.5 Å². The van der Waals surface area contributed by atoms with Gasteiger partial charge in [-0.25, -0.2) is 0 Å². The molecule has 32 heavy (non-hydrogen) atoms. The molecule has 0 amide bonds.